The van der Waals surface area contributed by atoms with Crippen LogP contribution in [0.4, 0.5) is 0 Å². The van der Waals surface area contributed by atoms with E-state index in [1.807, 2.05) is 12.1 Å². The van der Waals surface area contributed by atoms with Gasteiger partial charge < -0.3 is 19.0 Å². The summed E-state index contributed by atoms with van der Waals surface area (Å²) in [6.45, 7) is 0.260. The molecule has 0 radical (unpaired) electrons. The van der Waals surface area contributed by atoms with Gasteiger partial charge in [0.25, 0.3) is 0 Å². The zero-order valence-electron chi connectivity index (χ0n) is 13.1. The molecule has 124 valence electrons. The standard InChI is InChI=1S/C17H15NO5S/c1-21-17-13(22-9-10-3-5-18-6-4-10)8-12-15(16(17)20)11(19)7-14(23-12)24-2/h3-8,20H,9H2,1-2H3. The number of rotatable bonds is 5. The third kappa shape index (κ3) is 3.03. The number of hydrogen-bond acceptors (Lipinski definition) is 7. The second kappa shape index (κ2) is 6.84. The minimum absolute atomic E-state index is 0.0703. The van der Waals surface area contributed by atoms with E-state index in [0.29, 0.717) is 10.8 Å². The molecule has 0 amide bonds. The van der Waals surface area contributed by atoms with Crippen LogP contribution in [-0.2, 0) is 6.61 Å². The highest BCUT2D eigenvalue weighted by Crippen LogP contribution is 2.42. The molecule has 1 N–H and O–H groups in total. The van der Waals surface area contributed by atoms with Crippen molar-refractivity contribution in [2.24, 2.45) is 0 Å². The lowest BCUT2D eigenvalue weighted by Crippen LogP contribution is -2.03. The fourth-order valence-corrected chi connectivity index (χ4v) is 2.68. The summed E-state index contributed by atoms with van der Waals surface area (Å²) in [4.78, 5) is 16.1. The van der Waals surface area contributed by atoms with Crippen molar-refractivity contribution in [2.45, 2.75) is 11.7 Å². The number of hydrogen-bond donors (Lipinski definition) is 1. The topological polar surface area (TPSA) is 81.8 Å². The first kappa shape index (κ1) is 16.2. The molecular formula is C17H15NO5S. The summed E-state index contributed by atoms with van der Waals surface area (Å²) in [7, 11) is 1.40. The highest BCUT2D eigenvalue weighted by molar-refractivity contribution is 7.98. The Morgan fingerprint density at radius 2 is 2.04 bits per heavy atom. The molecule has 24 heavy (non-hydrogen) atoms. The molecule has 0 atom stereocenters. The van der Waals surface area contributed by atoms with E-state index < -0.39 is 0 Å². The van der Waals surface area contributed by atoms with Gasteiger partial charge >= 0.3 is 0 Å². The number of phenols is 1. The number of aromatic nitrogens is 1. The van der Waals surface area contributed by atoms with Crippen LogP contribution in [0.25, 0.3) is 11.0 Å². The number of ether oxygens (including phenoxy) is 2. The van der Waals surface area contributed by atoms with E-state index in [-0.39, 0.29) is 34.5 Å². The van der Waals surface area contributed by atoms with Gasteiger partial charge in [0.05, 0.1) is 7.11 Å². The summed E-state index contributed by atoms with van der Waals surface area (Å²) in [5, 5.41) is 10.9. The molecule has 0 aliphatic heterocycles. The molecule has 3 rings (SSSR count). The fraction of sp³-hybridized carbons (Fsp3) is 0.176. The second-order valence-electron chi connectivity index (χ2n) is 4.91. The van der Waals surface area contributed by atoms with E-state index >= 15 is 0 Å². The Morgan fingerprint density at radius 3 is 2.71 bits per heavy atom. The Hall–Kier alpha value is -2.67. The van der Waals surface area contributed by atoms with Crippen LogP contribution in [0.2, 0.25) is 0 Å². The van der Waals surface area contributed by atoms with Crippen molar-refractivity contribution in [1.29, 1.82) is 0 Å². The van der Waals surface area contributed by atoms with Crippen LogP contribution >= 0.6 is 11.8 Å². The first-order valence-electron chi connectivity index (χ1n) is 7.07. The van der Waals surface area contributed by atoms with Gasteiger partial charge in [-0.3, -0.25) is 9.78 Å². The first-order chi connectivity index (χ1) is 11.6. The molecule has 0 aliphatic rings. The lowest BCUT2D eigenvalue weighted by molar-refractivity contribution is 0.277. The molecule has 0 saturated carbocycles. The van der Waals surface area contributed by atoms with Gasteiger partial charge in [0, 0.05) is 24.5 Å². The minimum Gasteiger partial charge on any atom is -0.504 e. The Kier molecular flexibility index (Phi) is 4.61. The van der Waals surface area contributed by atoms with Gasteiger partial charge in [-0.2, -0.15) is 0 Å². The van der Waals surface area contributed by atoms with E-state index in [1.165, 1.54) is 24.9 Å². The van der Waals surface area contributed by atoms with Crippen molar-refractivity contribution < 1.29 is 19.0 Å². The van der Waals surface area contributed by atoms with Crippen LogP contribution in [-0.4, -0.2) is 23.5 Å². The normalized spacial score (nSPS) is 10.8. The van der Waals surface area contributed by atoms with Crippen LogP contribution in [0.15, 0.2) is 51.0 Å². The fourth-order valence-electron chi connectivity index (χ4n) is 2.28. The molecule has 0 spiro atoms. The quantitative estimate of drug-likeness (QED) is 0.711. The van der Waals surface area contributed by atoms with Crippen molar-refractivity contribution in [2.75, 3.05) is 13.4 Å². The molecule has 0 fully saturated rings. The van der Waals surface area contributed by atoms with Crippen molar-refractivity contribution in [3.05, 3.63) is 52.4 Å². The lowest BCUT2D eigenvalue weighted by atomic mass is 10.2. The molecule has 0 bridgehead atoms. The van der Waals surface area contributed by atoms with Gasteiger partial charge in [0.1, 0.15) is 17.6 Å². The zero-order chi connectivity index (χ0) is 17.1. The second-order valence-corrected chi connectivity index (χ2v) is 5.72. The highest BCUT2D eigenvalue weighted by Gasteiger charge is 2.19. The van der Waals surface area contributed by atoms with Crippen LogP contribution < -0.4 is 14.9 Å². The Morgan fingerprint density at radius 1 is 1.29 bits per heavy atom. The van der Waals surface area contributed by atoms with Gasteiger partial charge in [0.15, 0.2) is 22.0 Å². The van der Waals surface area contributed by atoms with Crippen molar-refractivity contribution >= 4 is 22.7 Å². The largest absolute Gasteiger partial charge is 0.504 e. The van der Waals surface area contributed by atoms with Gasteiger partial charge in [-0.05, 0) is 24.0 Å². The molecule has 2 aromatic heterocycles. The monoisotopic (exact) mass is 345 g/mol. The summed E-state index contributed by atoms with van der Waals surface area (Å²) in [5.41, 5.74) is 0.818. The van der Waals surface area contributed by atoms with E-state index in [1.54, 1.807) is 24.7 Å². The molecule has 1 aromatic carbocycles. The number of thioether (sulfide) groups is 1. The maximum atomic E-state index is 12.2. The Labute approximate surface area is 142 Å². The number of fused-ring (bicyclic) bond motifs is 1. The maximum absolute atomic E-state index is 12.2. The van der Waals surface area contributed by atoms with Crippen LogP contribution in [0.5, 0.6) is 17.2 Å². The summed E-state index contributed by atoms with van der Waals surface area (Å²) in [6.07, 6.45) is 5.13. The average molecular weight is 345 g/mol. The highest BCUT2D eigenvalue weighted by atomic mass is 32.2. The number of benzene rings is 1. The molecular weight excluding hydrogens is 330 g/mol. The molecule has 0 unspecified atom stereocenters. The number of pyridine rings is 1. The molecule has 2 heterocycles. The lowest BCUT2D eigenvalue weighted by Gasteiger charge is -2.13. The predicted octanol–water partition coefficient (Wildman–Crippen LogP) is 3.20. The molecule has 7 heteroatoms. The number of methoxy groups -OCH3 is 1. The van der Waals surface area contributed by atoms with Gasteiger partial charge in [-0.15, -0.1) is 0 Å². The number of aromatic hydroxyl groups is 1. The average Bonchev–Trinajstić information content (AvgIpc) is 2.60. The maximum Gasteiger partial charge on any atom is 0.204 e. The molecule has 0 aliphatic carbocycles. The van der Waals surface area contributed by atoms with E-state index in [0.717, 1.165) is 5.56 Å². The smallest absolute Gasteiger partial charge is 0.204 e. The SMILES string of the molecule is COc1c(OCc2ccncc2)cc2oc(SC)cc(=O)c2c1O. The first-order valence-corrected chi connectivity index (χ1v) is 8.30. The molecule has 0 saturated heterocycles. The minimum atomic E-state index is -0.336. The van der Waals surface area contributed by atoms with Gasteiger partial charge in [-0.25, -0.2) is 0 Å². The molecule has 6 nitrogen and oxygen atoms in total. The van der Waals surface area contributed by atoms with Gasteiger partial charge in [0.2, 0.25) is 5.75 Å². The molecule has 3 aromatic rings. The number of phenolic OH excluding ortho intramolecular Hbond substituents is 1. The summed E-state index contributed by atoms with van der Waals surface area (Å²) >= 11 is 1.30. The summed E-state index contributed by atoms with van der Waals surface area (Å²) < 4.78 is 16.6. The van der Waals surface area contributed by atoms with Crippen LogP contribution in [0.1, 0.15) is 5.56 Å². The zero-order valence-corrected chi connectivity index (χ0v) is 13.9. The van der Waals surface area contributed by atoms with Crippen LogP contribution in [0, 0.1) is 0 Å². The van der Waals surface area contributed by atoms with E-state index in [4.69, 9.17) is 13.9 Å². The van der Waals surface area contributed by atoms with Crippen molar-refractivity contribution in [3.63, 3.8) is 0 Å². The summed E-state index contributed by atoms with van der Waals surface area (Å²) in [5.74, 6) is 0.0996. The van der Waals surface area contributed by atoms with Gasteiger partial charge in [-0.1, -0.05) is 11.8 Å². The number of nitrogens with zero attached hydrogens (tertiary/aromatic N) is 1. The predicted molar refractivity (Wildman–Crippen MR) is 91.1 cm³/mol. The third-order valence-corrected chi connectivity index (χ3v) is 4.04. The third-order valence-electron chi connectivity index (χ3n) is 3.44. The Bertz CT molecular complexity index is 924. The summed E-state index contributed by atoms with van der Waals surface area (Å²) in [6, 6.07) is 6.53. The van der Waals surface area contributed by atoms with E-state index in [2.05, 4.69) is 4.98 Å². The van der Waals surface area contributed by atoms with Crippen molar-refractivity contribution in [3.8, 4) is 17.2 Å². The Balaban J connectivity index is 2.08. The van der Waals surface area contributed by atoms with Crippen molar-refractivity contribution in [1.82, 2.24) is 4.98 Å². The van der Waals surface area contributed by atoms with E-state index in [9.17, 15) is 9.90 Å². The van der Waals surface area contributed by atoms with Crippen LogP contribution in [0.3, 0.4) is 0 Å².